The number of urea groups is 1. The summed E-state index contributed by atoms with van der Waals surface area (Å²) in [5.41, 5.74) is 0.804. The van der Waals surface area contributed by atoms with E-state index in [0.29, 0.717) is 12.0 Å². The fourth-order valence-electron chi connectivity index (χ4n) is 3.09. The van der Waals surface area contributed by atoms with Crippen molar-refractivity contribution in [2.45, 2.75) is 18.9 Å². The lowest BCUT2D eigenvalue weighted by molar-refractivity contribution is 0.220. The summed E-state index contributed by atoms with van der Waals surface area (Å²) in [5, 5.41) is 6.46. The van der Waals surface area contributed by atoms with Gasteiger partial charge in [0.05, 0.1) is 7.11 Å². The molecule has 0 radical (unpaired) electrons. The summed E-state index contributed by atoms with van der Waals surface area (Å²) in [6.07, 6.45) is 2.44. The fraction of sp³-hybridized carbons (Fsp3) is 0.533. The summed E-state index contributed by atoms with van der Waals surface area (Å²) in [5.74, 6) is 1.41. The normalized spacial score (nSPS) is 25.1. The Bertz CT molecular complexity index is 461. The van der Waals surface area contributed by atoms with Gasteiger partial charge in [-0.25, -0.2) is 4.79 Å². The molecule has 0 bridgehead atoms. The lowest BCUT2D eigenvalue weighted by atomic mass is 9.94. The third-order valence-corrected chi connectivity index (χ3v) is 4.23. The van der Waals surface area contributed by atoms with Crippen molar-refractivity contribution in [1.82, 2.24) is 10.2 Å². The number of rotatable bonds is 2. The molecule has 20 heavy (non-hydrogen) atoms. The van der Waals surface area contributed by atoms with Crippen LogP contribution < -0.4 is 15.4 Å². The Labute approximate surface area is 119 Å². The molecule has 2 N–H and O–H groups in total. The predicted octanol–water partition coefficient (Wildman–Crippen LogP) is 1.91. The van der Waals surface area contributed by atoms with Crippen molar-refractivity contribution < 1.29 is 9.53 Å². The first kappa shape index (κ1) is 13.2. The first-order chi connectivity index (χ1) is 9.76. The minimum Gasteiger partial charge on any atom is -0.497 e. The van der Waals surface area contributed by atoms with Crippen molar-refractivity contribution >= 4 is 11.7 Å². The molecule has 2 amide bonds. The fourth-order valence-corrected chi connectivity index (χ4v) is 3.09. The number of methoxy groups -OCH3 is 1. The van der Waals surface area contributed by atoms with Gasteiger partial charge >= 0.3 is 6.03 Å². The van der Waals surface area contributed by atoms with Crippen molar-refractivity contribution in [3.63, 3.8) is 0 Å². The van der Waals surface area contributed by atoms with E-state index in [0.717, 1.165) is 31.1 Å². The number of fused-ring (bicyclic) bond motifs is 1. The number of likely N-dealkylation sites (tertiary alicyclic amines) is 1. The minimum atomic E-state index is -0.00799. The number of piperidine rings is 1. The van der Waals surface area contributed by atoms with Crippen molar-refractivity contribution in [3.05, 3.63) is 24.3 Å². The van der Waals surface area contributed by atoms with Crippen molar-refractivity contribution in [1.29, 1.82) is 0 Å². The third-order valence-electron chi connectivity index (χ3n) is 4.23. The van der Waals surface area contributed by atoms with Crippen LogP contribution >= 0.6 is 0 Å². The number of ether oxygens (including phenoxy) is 1. The quantitative estimate of drug-likeness (QED) is 0.867. The molecule has 2 heterocycles. The van der Waals surface area contributed by atoms with E-state index in [1.54, 1.807) is 7.11 Å². The van der Waals surface area contributed by atoms with Crippen LogP contribution in [0.2, 0.25) is 0 Å². The molecule has 0 saturated carbocycles. The average Bonchev–Trinajstić information content (AvgIpc) is 2.92. The van der Waals surface area contributed by atoms with Gasteiger partial charge in [0.2, 0.25) is 0 Å². The maximum absolute atomic E-state index is 12.3. The van der Waals surface area contributed by atoms with Gasteiger partial charge < -0.3 is 20.3 Å². The summed E-state index contributed by atoms with van der Waals surface area (Å²) >= 11 is 0. The van der Waals surface area contributed by atoms with Crippen molar-refractivity contribution in [3.8, 4) is 5.75 Å². The van der Waals surface area contributed by atoms with Crippen LogP contribution in [0.15, 0.2) is 24.3 Å². The van der Waals surface area contributed by atoms with E-state index in [2.05, 4.69) is 10.6 Å². The van der Waals surface area contributed by atoms with Gasteiger partial charge in [0, 0.05) is 24.8 Å². The lowest BCUT2D eigenvalue weighted by Gasteiger charge is -2.24. The molecule has 0 aromatic heterocycles. The van der Waals surface area contributed by atoms with Crippen LogP contribution in [0, 0.1) is 5.92 Å². The van der Waals surface area contributed by atoms with E-state index in [1.807, 2.05) is 29.2 Å². The maximum atomic E-state index is 12.3. The second-order valence-corrected chi connectivity index (χ2v) is 5.53. The van der Waals surface area contributed by atoms with E-state index in [-0.39, 0.29) is 6.03 Å². The highest BCUT2D eigenvalue weighted by Crippen LogP contribution is 2.25. The average molecular weight is 275 g/mol. The van der Waals surface area contributed by atoms with Crippen LogP contribution in [-0.4, -0.2) is 43.7 Å². The van der Waals surface area contributed by atoms with E-state index >= 15 is 0 Å². The first-order valence-corrected chi connectivity index (χ1v) is 7.19. The number of hydrogen-bond donors (Lipinski definition) is 2. The second-order valence-electron chi connectivity index (χ2n) is 5.53. The van der Waals surface area contributed by atoms with Crippen molar-refractivity contribution in [2.75, 3.05) is 32.1 Å². The first-order valence-electron chi connectivity index (χ1n) is 7.19. The number of hydrogen-bond acceptors (Lipinski definition) is 3. The third kappa shape index (κ3) is 2.72. The Balaban J connectivity index is 1.59. The van der Waals surface area contributed by atoms with Crippen LogP contribution in [0.1, 0.15) is 12.8 Å². The number of carbonyl (C=O) groups excluding carboxylic acids is 1. The highest BCUT2D eigenvalue weighted by Gasteiger charge is 2.36. The molecule has 2 fully saturated rings. The SMILES string of the molecule is COc1ccc(NC(=O)N2CC3CCCNC3C2)cc1. The Morgan fingerprint density at radius 1 is 1.35 bits per heavy atom. The van der Waals surface area contributed by atoms with Crippen molar-refractivity contribution in [2.24, 2.45) is 5.92 Å². The number of anilines is 1. The standard InChI is InChI=1S/C15H21N3O2/c1-20-13-6-4-12(5-7-13)17-15(19)18-9-11-3-2-8-16-14(11)10-18/h4-7,11,14,16H,2-3,8-10H2,1H3,(H,17,19). The topological polar surface area (TPSA) is 53.6 Å². The molecule has 2 atom stereocenters. The zero-order chi connectivity index (χ0) is 13.9. The second kappa shape index (κ2) is 5.71. The molecular formula is C15H21N3O2. The van der Waals surface area contributed by atoms with Gasteiger partial charge in [0.15, 0.2) is 0 Å². The predicted molar refractivity (Wildman–Crippen MR) is 78.1 cm³/mol. The molecule has 3 rings (SSSR count). The molecule has 2 aliphatic rings. The number of nitrogens with zero attached hydrogens (tertiary/aromatic N) is 1. The minimum absolute atomic E-state index is 0.00799. The van der Waals surface area contributed by atoms with Gasteiger partial charge in [0.1, 0.15) is 5.75 Å². The van der Waals surface area contributed by atoms with E-state index < -0.39 is 0 Å². The highest BCUT2D eigenvalue weighted by molar-refractivity contribution is 5.89. The van der Waals surface area contributed by atoms with Gasteiger partial charge in [-0.05, 0) is 49.6 Å². The monoisotopic (exact) mass is 275 g/mol. The summed E-state index contributed by atoms with van der Waals surface area (Å²) in [6.45, 7) is 2.75. The zero-order valence-corrected chi connectivity index (χ0v) is 11.8. The Kier molecular flexibility index (Phi) is 3.78. The van der Waals surface area contributed by atoms with Gasteiger partial charge in [0.25, 0.3) is 0 Å². The molecule has 5 nitrogen and oxygen atoms in total. The van der Waals surface area contributed by atoms with Gasteiger partial charge in [-0.15, -0.1) is 0 Å². The van der Waals surface area contributed by atoms with Crippen LogP contribution in [0.25, 0.3) is 0 Å². The zero-order valence-electron chi connectivity index (χ0n) is 11.8. The number of amides is 2. The van der Waals surface area contributed by atoms with Crippen LogP contribution in [0.4, 0.5) is 10.5 Å². The lowest BCUT2D eigenvalue weighted by Crippen LogP contribution is -2.41. The molecule has 1 aromatic rings. The highest BCUT2D eigenvalue weighted by atomic mass is 16.5. The smallest absolute Gasteiger partial charge is 0.321 e. The molecule has 2 saturated heterocycles. The summed E-state index contributed by atoms with van der Waals surface area (Å²) < 4.78 is 5.11. The van der Waals surface area contributed by atoms with E-state index in [9.17, 15) is 4.79 Å². The molecule has 0 aliphatic carbocycles. The molecule has 1 aromatic carbocycles. The number of nitrogens with one attached hydrogen (secondary N) is 2. The van der Waals surface area contributed by atoms with Gasteiger partial charge in [-0.2, -0.15) is 0 Å². The summed E-state index contributed by atoms with van der Waals surface area (Å²) in [4.78, 5) is 14.2. The van der Waals surface area contributed by atoms with E-state index in [1.165, 1.54) is 12.8 Å². The summed E-state index contributed by atoms with van der Waals surface area (Å²) in [7, 11) is 1.63. The maximum Gasteiger partial charge on any atom is 0.321 e. The molecule has 0 spiro atoms. The van der Waals surface area contributed by atoms with E-state index in [4.69, 9.17) is 4.74 Å². The largest absolute Gasteiger partial charge is 0.497 e. The molecule has 108 valence electrons. The molecule has 2 aliphatic heterocycles. The molecule has 5 heteroatoms. The number of benzene rings is 1. The Hall–Kier alpha value is -1.75. The van der Waals surface area contributed by atoms with Gasteiger partial charge in [-0.3, -0.25) is 0 Å². The van der Waals surface area contributed by atoms with Crippen LogP contribution in [0.5, 0.6) is 5.75 Å². The summed E-state index contributed by atoms with van der Waals surface area (Å²) in [6, 6.07) is 7.88. The molecular weight excluding hydrogens is 254 g/mol. The number of carbonyl (C=O) groups is 1. The molecule has 2 unspecified atom stereocenters. The van der Waals surface area contributed by atoms with Crippen LogP contribution in [0.3, 0.4) is 0 Å². The Morgan fingerprint density at radius 2 is 2.15 bits per heavy atom. The van der Waals surface area contributed by atoms with Gasteiger partial charge in [-0.1, -0.05) is 0 Å². The Morgan fingerprint density at radius 3 is 2.85 bits per heavy atom. The van der Waals surface area contributed by atoms with Crippen LogP contribution in [-0.2, 0) is 0 Å².